The second-order valence-corrected chi connectivity index (χ2v) is 5.57. The zero-order chi connectivity index (χ0) is 14.0. The highest BCUT2D eigenvalue weighted by Crippen LogP contribution is 2.31. The fourth-order valence-electron chi connectivity index (χ4n) is 1.85. The number of aromatic carboxylic acids is 1. The van der Waals surface area contributed by atoms with Gasteiger partial charge in [-0.15, -0.1) is 0 Å². The van der Waals surface area contributed by atoms with E-state index < -0.39 is 5.97 Å². The molecule has 0 spiro atoms. The van der Waals surface area contributed by atoms with Gasteiger partial charge >= 0.3 is 5.97 Å². The zero-order valence-corrected chi connectivity index (χ0v) is 12.3. The molecule has 0 aliphatic carbocycles. The summed E-state index contributed by atoms with van der Waals surface area (Å²) in [5.41, 5.74) is 1.94. The minimum absolute atomic E-state index is 0.110. The van der Waals surface area contributed by atoms with E-state index in [0.29, 0.717) is 16.2 Å². The maximum Gasteiger partial charge on any atom is 0.359 e. The molecule has 0 radical (unpaired) electrons. The Morgan fingerprint density at radius 3 is 2.47 bits per heavy atom. The zero-order valence-electron chi connectivity index (χ0n) is 10.7. The van der Waals surface area contributed by atoms with E-state index in [1.54, 1.807) is 0 Å². The lowest BCUT2D eigenvalue weighted by Crippen LogP contribution is -1.96. The average Bonchev–Trinajstić information content (AvgIpc) is 2.71. The van der Waals surface area contributed by atoms with Gasteiger partial charge < -0.3 is 9.63 Å². The number of carbonyl (C=O) groups is 1. The van der Waals surface area contributed by atoms with Crippen LogP contribution in [0.25, 0.3) is 11.3 Å². The second kappa shape index (κ2) is 5.57. The van der Waals surface area contributed by atoms with Gasteiger partial charge in [-0.2, -0.15) is 0 Å². The van der Waals surface area contributed by atoms with Crippen molar-refractivity contribution in [3.8, 4) is 11.3 Å². The Balaban J connectivity index is 2.30. The summed E-state index contributed by atoms with van der Waals surface area (Å²) in [6.07, 6.45) is 1.01. The van der Waals surface area contributed by atoms with Crippen molar-refractivity contribution in [1.82, 2.24) is 5.16 Å². The molecule has 19 heavy (non-hydrogen) atoms. The predicted molar refractivity (Wildman–Crippen MR) is 75.1 cm³/mol. The van der Waals surface area contributed by atoms with Crippen LogP contribution in [0.2, 0.25) is 0 Å². The van der Waals surface area contributed by atoms with Gasteiger partial charge in [0.05, 0.1) is 0 Å². The molecule has 0 atom stereocenters. The van der Waals surface area contributed by atoms with Gasteiger partial charge in [0.1, 0.15) is 4.47 Å². The Labute approximate surface area is 119 Å². The molecular weight excluding hydrogens is 310 g/mol. The molecule has 0 saturated heterocycles. The summed E-state index contributed by atoms with van der Waals surface area (Å²) in [5.74, 6) is -0.0757. The molecule has 0 fully saturated rings. The third-order valence-electron chi connectivity index (χ3n) is 2.70. The highest BCUT2D eigenvalue weighted by atomic mass is 79.9. The number of nitrogens with zero attached hydrogens (tertiary/aromatic N) is 1. The van der Waals surface area contributed by atoms with Crippen LogP contribution in [0.4, 0.5) is 0 Å². The van der Waals surface area contributed by atoms with Crippen molar-refractivity contribution in [3.63, 3.8) is 0 Å². The molecule has 0 saturated carbocycles. The molecule has 0 bridgehead atoms. The first kappa shape index (κ1) is 13.8. The van der Waals surface area contributed by atoms with Crippen LogP contribution in [0, 0.1) is 5.92 Å². The summed E-state index contributed by atoms with van der Waals surface area (Å²) >= 11 is 3.21. The number of hydrogen-bond acceptors (Lipinski definition) is 3. The molecule has 100 valence electrons. The molecule has 0 aliphatic heterocycles. The number of carboxylic acid groups (broad SMARTS) is 1. The van der Waals surface area contributed by atoms with Crippen LogP contribution in [0.15, 0.2) is 33.3 Å². The minimum Gasteiger partial charge on any atom is -0.476 e. The number of halogens is 1. The summed E-state index contributed by atoms with van der Waals surface area (Å²) in [4.78, 5) is 10.9. The van der Waals surface area contributed by atoms with Crippen molar-refractivity contribution in [2.45, 2.75) is 20.3 Å². The molecule has 5 heteroatoms. The SMILES string of the molecule is CC(C)Cc1ccc(-c2onc(C(=O)O)c2Br)cc1. The standard InChI is InChI=1S/C14H14BrNO3/c1-8(2)7-9-3-5-10(6-4-9)13-11(15)12(14(17)18)16-19-13/h3-6,8H,7H2,1-2H3,(H,17,18). The molecule has 0 unspecified atom stereocenters. The highest BCUT2D eigenvalue weighted by Gasteiger charge is 2.20. The Morgan fingerprint density at radius 2 is 2.00 bits per heavy atom. The molecule has 1 aromatic heterocycles. The van der Waals surface area contributed by atoms with Gasteiger partial charge in [0.2, 0.25) is 5.69 Å². The molecule has 2 rings (SSSR count). The van der Waals surface area contributed by atoms with Gasteiger partial charge in [-0.05, 0) is 33.8 Å². The van der Waals surface area contributed by atoms with Gasteiger partial charge in [0, 0.05) is 5.56 Å². The third-order valence-corrected chi connectivity index (χ3v) is 3.43. The van der Waals surface area contributed by atoms with Crippen LogP contribution < -0.4 is 0 Å². The monoisotopic (exact) mass is 323 g/mol. The first-order chi connectivity index (χ1) is 8.99. The van der Waals surface area contributed by atoms with Crippen LogP contribution >= 0.6 is 15.9 Å². The lowest BCUT2D eigenvalue weighted by atomic mass is 10.0. The quantitative estimate of drug-likeness (QED) is 0.923. The Morgan fingerprint density at radius 1 is 1.37 bits per heavy atom. The fourth-order valence-corrected chi connectivity index (χ4v) is 2.40. The van der Waals surface area contributed by atoms with Crippen LogP contribution in [-0.2, 0) is 6.42 Å². The van der Waals surface area contributed by atoms with Crippen LogP contribution in [-0.4, -0.2) is 16.2 Å². The first-order valence-electron chi connectivity index (χ1n) is 5.96. The molecule has 4 nitrogen and oxygen atoms in total. The van der Waals surface area contributed by atoms with Crippen molar-refractivity contribution < 1.29 is 14.4 Å². The number of carboxylic acids is 1. The van der Waals surface area contributed by atoms with E-state index in [4.69, 9.17) is 9.63 Å². The fraction of sp³-hybridized carbons (Fsp3) is 0.286. The van der Waals surface area contributed by atoms with Crippen LogP contribution in [0.1, 0.15) is 29.9 Å². The lowest BCUT2D eigenvalue weighted by Gasteiger charge is -2.05. The van der Waals surface area contributed by atoms with Gasteiger partial charge in [-0.25, -0.2) is 4.79 Å². The van der Waals surface area contributed by atoms with Gasteiger partial charge in [0.15, 0.2) is 5.76 Å². The molecule has 1 N–H and O–H groups in total. The molecular formula is C14H14BrNO3. The normalized spacial score (nSPS) is 10.9. The van der Waals surface area contributed by atoms with Gasteiger partial charge in [0.25, 0.3) is 0 Å². The molecule has 0 amide bonds. The van der Waals surface area contributed by atoms with E-state index in [0.717, 1.165) is 12.0 Å². The van der Waals surface area contributed by atoms with E-state index >= 15 is 0 Å². The number of aromatic nitrogens is 1. The van der Waals surface area contributed by atoms with Crippen molar-refractivity contribution in [2.24, 2.45) is 5.92 Å². The Kier molecular flexibility index (Phi) is 4.04. The summed E-state index contributed by atoms with van der Waals surface area (Å²) in [5, 5.41) is 12.5. The summed E-state index contributed by atoms with van der Waals surface area (Å²) in [6.45, 7) is 4.33. The predicted octanol–water partition coefficient (Wildman–Crippen LogP) is 4.00. The van der Waals surface area contributed by atoms with Crippen molar-refractivity contribution in [2.75, 3.05) is 0 Å². The van der Waals surface area contributed by atoms with Gasteiger partial charge in [-0.3, -0.25) is 0 Å². The van der Waals surface area contributed by atoms with E-state index in [-0.39, 0.29) is 5.69 Å². The lowest BCUT2D eigenvalue weighted by molar-refractivity contribution is 0.0685. The average molecular weight is 324 g/mol. The van der Waals surface area contributed by atoms with E-state index in [1.807, 2.05) is 24.3 Å². The second-order valence-electron chi connectivity index (χ2n) is 4.77. The van der Waals surface area contributed by atoms with Crippen LogP contribution in [0.3, 0.4) is 0 Å². The number of rotatable bonds is 4. The largest absolute Gasteiger partial charge is 0.476 e. The third kappa shape index (κ3) is 3.04. The van der Waals surface area contributed by atoms with Gasteiger partial charge in [-0.1, -0.05) is 43.3 Å². The molecule has 1 heterocycles. The van der Waals surface area contributed by atoms with Crippen molar-refractivity contribution >= 4 is 21.9 Å². The maximum atomic E-state index is 10.9. The van der Waals surface area contributed by atoms with E-state index in [1.165, 1.54) is 5.56 Å². The van der Waals surface area contributed by atoms with Crippen molar-refractivity contribution in [1.29, 1.82) is 0 Å². The highest BCUT2D eigenvalue weighted by molar-refractivity contribution is 9.10. The number of hydrogen-bond donors (Lipinski definition) is 1. The van der Waals surface area contributed by atoms with E-state index in [9.17, 15) is 4.79 Å². The molecule has 2 aromatic rings. The first-order valence-corrected chi connectivity index (χ1v) is 6.76. The smallest absolute Gasteiger partial charge is 0.359 e. The Hall–Kier alpha value is -1.62. The van der Waals surface area contributed by atoms with Crippen molar-refractivity contribution in [3.05, 3.63) is 40.0 Å². The Bertz CT molecular complexity index is 587. The number of benzene rings is 1. The molecule has 1 aromatic carbocycles. The minimum atomic E-state index is -1.11. The van der Waals surface area contributed by atoms with Crippen LogP contribution in [0.5, 0.6) is 0 Å². The summed E-state index contributed by atoms with van der Waals surface area (Å²) < 4.78 is 5.46. The molecule has 0 aliphatic rings. The topological polar surface area (TPSA) is 63.3 Å². The maximum absolute atomic E-state index is 10.9. The van der Waals surface area contributed by atoms with E-state index in [2.05, 4.69) is 34.9 Å². The summed E-state index contributed by atoms with van der Waals surface area (Å²) in [7, 11) is 0. The summed E-state index contributed by atoms with van der Waals surface area (Å²) in [6, 6.07) is 7.86.